The quantitative estimate of drug-likeness (QED) is 0.481. The molecule has 0 bridgehead atoms. The fraction of sp³-hybridized carbons (Fsp3) is 0.529. The topological polar surface area (TPSA) is 48.2 Å². The first-order valence-electron chi connectivity index (χ1n) is 7.97. The summed E-state index contributed by atoms with van der Waals surface area (Å²) in [5.74, 6) is 1.50. The molecule has 3 atom stereocenters. The average molecular weight is 283 g/mol. The molecule has 0 aromatic rings. The van der Waals surface area contributed by atoms with Crippen molar-refractivity contribution < 1.29 is 5.21 Å². The van der Waals surface area contributed by atoms with E-state index in [0.717, 1.165) is 19.5 Å². The molecule has 3 aliphatic heterocycles. The molecule has 1 saturated heterocycles. The molecule has 0 spiro atoms. The summed E-state index contributed by atoms with van der Waals surface area (Å²) in [7, 11) is 0. The maximum atomic E-state index is 8.74. The van der Waals surface area contributed by atoms with Crippen LogP contribution in [0.4, 0.5) is 0 Å². The molecule has 1 aliphatic carbocycles. The molecule has 21 heavy (non-hydrogen) atoms. The largest absolute Gasteiger partial charge is 0.411 e. The lowest BCUT2D eigenvalue weighted by Crippen LogP contribution is -2.40. The Kier molecular flexibility index (Phi) is 3.17. The van der Waals surface area contributed by atoms with Gasteiger partial charge in [-0.3, -0.25) is 4.99 Å². The maximum Gasteiger partial charge on any atom is 0.0642 e. The Balaban J connectivity index is 1.75. The van der Waals surface area contributed by atoms with Crippen molar-refractivity contribution in [2.24, 2.45) is 27.9 Å². The Labute approximate surface area is 125 Å². The van der Waals surface area contributed by atoms with Gasteiger partial charge in [0.25, 0.3) is 0 Å². The summed E-state index contributed by atoms with van der Waals surface area (Å²) in [5.41, 5.74) is 3.97. The molecule has 0 saturated carbocycles. The van der Waals surface area contributed by atoms with E-state index in [1.807, 2.05) is 0 Å². The number of rotatable bonds is 2. The van der Waals surface area contributed by atoms with Gasteiger partial charge in [-0.25, -0.2) is 0 Å². The van der Waals surface area contributed by atoms with E-state index in [4.69, 9.17) is 10.2 Å². The number of fused-ring (bicyclic) bond motifs is 4. The molecule has 110 valence electrons. The summed E-state index contributed by atoms with van der Waals surface area (Å²) in [6, 6.07) is 0. The molecule has 1 N–H and O–H groups in total. The summed E-state index contributed by atoms with van der Waals surface area (Å²) in [6.07, 6.45) is 14.8. The predicted octanol–water partition coefficient (Wildman–Crippen LogP) is 2.98. The third-order valence-electron chi connectivity index (χ3n) is 5.22. The minimum Gasteiger partial charge on any atom is -0.411 e. The third-order valence-corrected chi connectivity index (χ3v) is 5.22. The van der Waals surface area contributed by atoms with Gasteiger partial charge < -0.3 is 10.1 Å². The van der Waals surface area contributed by atoms with Crippen molar-refractivity contribution >= 4 is 11.9 Å². The van der Waals surface area contributed by atoms with Crippen molar-refractivity contribution in [2.75, 3.05) is 13.1 Å². The van der Waals surface area contributed by atoms with Crippen molar-refractivity contribution in [3.05, 3.63) is 35.7 Å². The predicted molar refractivity (Wildman–Crippen MR) is 83.5 cm³/mol. The Bertz CT molecular complexity index is 585. The van der Waals surface area contributed by atoms with Gasteiger partial charge in [0, 0.05) is 48.5 Å². The van der Waals surface area contributed by atoms with Gasteiger partial charge in [-0.15, -0.1) is 5.16 Å². The van der Waals surface area contributed by atoms with Crippen molar-refractivity contribution in [3.8, 4) is 0 Å². The highest BCUT2D eigenvalue weighted by molar-refractivity contribution is 6.02. The highest BCUT2D eigenvalue weighted by Crippen LogP contribution is 2.46. The molecule has 0 radical (unpaired) electrons. The van der Waals surface area contributed by atoms with E-state index in [-0.39, 0.29) is 0 Å². The Hall–Kier alpha value is -1.84. The van der Waals surface area contributed by atoms with Crippen LogP contribution in [0.3, 0.4) is 0 Å². The Morgan fingerprint density at radius 1 is 1.33 bits per heavy atom. The second-order valence-electron chi connectivity index (χ2n) is 6.33. The molecule has 0 aromatic carbocycles. The van der Waals surface area contributed by atoms with Crippen LogP contribution in [0, 0.1) is 17.8 Å². The molecule has 4 rings (SSSR count). The van der Waals surface area contributed by atoms with E-state index in [0.29, 0.717) is 17.8 Å². The zero-order valence-corrected chi connectivity index (χ0v) is 12.2. The lowest BCUT2D eigenvalue weighted by Gasteiger charge is -2.42. The van der Waals surface area contributed by atoms with Gasteiger partial charge in [-0.05, 0) is 31.8 Å². The monoisotopic (exact) mass is 283 g/mol. The molecule has 0 aromatic heterocycles. The zero-order chi connectivity index (χ0) is 14.2. The average Bonchev–Trinajstić information content (AvgIpc) is 2.91. The summed E-state index contributed by atoms with van der Waals surface area (Å²) in [4.78, 5) is 7.51. The summed E-state index contributed by atoms with van der Waals surface area (Å²) >= 11 is 0. The van der Waals surface area contributed by atoms with E-state index >= 15 is 0 Å². The molecule has 0 amide bonds. The highest BCUT2D eigenvalue weighted by atomic mass is 16.4. The van der Waals surface area contributed by atoms with Crippen LogP contribution in [0.2, 0.25) is 0 Å². The standard InChI is InChI=1S/C17H21N3O/c21-18-9-7-12-4-3-10-20-11-8-14-13-5-1-2-6-15(13)19-16(14)17(12)20/h1-2,5-6,9,12-14,21H,3-4,7-8,10-11H2. The maximum absolute atomic E-state index is 8.74. The number of piperidine rings is 1. The molecule has 4 nitrogen and oxygen atoms in total. The van der Waals surface area contributed by atoms with E-state index < -0.39 is 0 Å². The molecule has 4 heteroatoms. The Morgan fingerprint density at radius 3 is 3.19 bits per heavy atom. The summed E-state index contributed by atoms with van der Waals surface area (Å²) in [5, 5.41) is 11.9. The van der Waals surface area contributed by atoms with Crippen LogP contribution in [-0.4, -0.2) is 35.1 Å². The number of aliphatic imine (C=N–C) groups is 1. The molecular formula is C17H21N3O. The highest BCUT2D eigenvalue weighted by Gasteiger charge is 2.41. The number of allylic oxidation sites excluding steroid dienone is 6. The molecule has 3 heterocycles. The first-order valence-corrected chi connectivity index (χ1v) is 7.97. The van der Waals surface area contributed by atoms with E-state index in [2.05, 4.69) is 34.4 Å². The minimum atomic E-state index is 0.463. The molecular weight excluding hydrogens is 262 g/mol. The first-order chi connectivity index (χ1) is 10.4. The van der Waals surface area contributed by atoms with Crippen LogP contribution in [0.25, 0.3) is 0 Å². The van der Waals surface area contributed by atoms with Crippen molar-refractivity contribution in [3.63, 3.8) is 0 Å². The fourth-order valence-corrected chi connectivity index (χ4v) is 4.30. The number of hydrogen-bond donors (Lipinski definition) is 1. The van der Waals surface area contributed by atoms with Gasteiger partial charge in [0.15, 0.2) is 0 Å². The van der Waals surface area contributed by atoms with Crippen LogP contribution in [-0.2, 0) is 0 Å². The second-order valence-corrected chi connectivity index (χ2v) is 6.33. The van der Waals surface area contributed by atoms with Crippen molar-refractivity contribution in [1.29, 1.82) is 0 Å². The molecule has 3 unspecified atom stereocenters. The SMILES string of the molecule is ON=CCC1CCCN2CCC3C(=C12)N=C1C=CC=CC13. The van der Waals surface area contributed by atoms with Gasteiger partial charge in [0.05, 0.1) is 5.70 Å². The first kappa shape index (κ1) is 12.9. The van der Waals surface area contributed by atoms with Crippen LogP contribution in [0.15, 0.2) is 45.8 Å². The minimum absolute atomic E-state index is 0.463. The van der Waals surface area contributed by atoms with E-state index in [1.165, 1.54) is 36.4 Å². The molecule has 4 aliphatic rings. The smallest absolute Gasteiger partial charge is 0.0642 e. The number of oxime groups is 1. The van der Waals surface area contributed by atoms with E-state index in [1.54, 1.807) is 6.21 Å². The zero-order valence-electron chi connectivity index (χ0n) is 12.2. The molecule has 1 fully saturated rings. The second kappa shape index (κ2) is 5.17. The van der Waals surface area contributed by atoms with E-state index in [9.17, 15) is 0 Å². The lowest BCUT2D eigenvalue weighted by molar-refractivity contribution is 0.202. The van der Waals surface area contributed by atoms with Crippen LogP contribution >= 0.6 is 0 Å². The van der Waals surface area contributed by atoms with Gasteiger partial charge in [-0.2, -0.15) is 0 Å². The Morgan fingerprint density at radius 2 is 2.29 bits per heavy atom. The summed E-state index contributed by atoms with van der Waals surface area (Å²) in [6.45, 7) is 2.30. The fourth-order valence-electron chi connectivity index (χ4n) is 4.30. The van der Waals surface area contributed by atoms with Gasteiger partial charge in [-0.1, -0.05) is 18.2 Å². The van der Waals surface area contributed by atoms with Crippen molar-refractivity contribution in [2.45, 2.75) is 25.7 Å². The van der Waals surface area contributed by atoms with Crippen molar-refractivity contribution in [1.82, 2.24) is 4.90 Å². The number of hydrogen-bond acceptors (Lipinski definition) is 4. The third kappa shape index (κ3) is 2.04. The van der Waals surface area contributed by atoms with Crippen LogP contribution in [0.1, 0.15) is 25.7 Å². The normalized spacial score (nSPS) is 34.0. The van der Waals surface area contributed by atoms with Crippen LogP contribution in [0.5, 0.6) is 0 Å². The number of nitrogens with zero attached hydrogens (tertiary/aromatic N) is 3. The lowest BCUT2D eigenvalue weighted by atomic mass is 9.78. The summed E-state index contributed by atoms with van der Waals surface area (Å²) < 4.78 is 0. The van der Waals surface area contributed by atoms with Gasteiger partial charge >= 0.3 is 0 Å². The van der Waals surface area contributed by atoms with Crippen LogP contribution < -0.4 is 0 Å². The van der Waals surface area contributed by atoms with Gasteiger partial charge in [0.1, 0.15) is 0 Å². The van der Waals surface area contributed by atoms with Gasteiger partial charge in [0.2, 0.25) is 0 Å².